The smallest absolute Gasteiger partial charge is 0.305 e. The molecule has 19 heavy (non-hydrogen) atoms. The molecule has 1 aromatic heterocycles. The van der Waals surface area contributed by atoms with Gasteiger partial charge in [0.05, 0.1) is 17.1 Å². The third-order valence-corrected chi connectivity index (χ3v) is 4.12. The number of nitrogens with zero attached hydrogens (tertiary/aromatic N) is 2. The van der Waals surface area contributed by atoms with Crippen molar-refractivity contribution < 1.29 is 14.7 Å². The Labute approximate surface area is 115 Å². The number of carboxylic acids is 1. The van der Waals surface area contributed by atoms with E-state index in [2.05, 4.69) is 10.3 Å². The highest BCUT2D eigenvalue weighted by Gasteiger charge is 2.31. The fourth-order valence-corrected chi connectivity index (χ4v) is 2.87. The van der Waals surface area contributed by atoms with Crippen LogP contribution in [-0.2, 0) is 22.6 Å². The number of carbonyl (C=O) groups is 2. The second-order valence-corrected chi connectivity index (χ2v) is 5.40. The highest BCUT2D eigenvalue weighted by molar-refractivity contribution is 7.09. The molecule has 0 spiro atoms. The van der Waals surface area contributed by atoms with E-state index in [1.807, 2.05) is 17.2 Å². The summed E-state index contributed by atoms with van der Waals surface area (Å²) in [6.07, 6.45) is 0.723. The van der Waals surface area contributed by atoms with Crippen molar-refractivity contribution in [2.45, 2.75) is 32.4 Å². The molecule has 104 valence electrons. The van der Waals surface area contributed by atoms with E-state index in [9.17, 15) is 9.59 Å². The summed E-state index contributed by atoms with van der Waals surface area (Å²) in [6, 6.07) is -0.599. The van der Waals surface area contributed by atoms with Crippen molar-refractivity contribution in [3.8, 4) is 0 Å². The molecule has 1 saturated heterocycles. The number of piperazine rings is 1. The lowest BCUT2D eigenvalue weighted by atomic mass is 10.1. The molecule has 0 bridgehead atoms. The lowest BCUT2D eigenvalue weighted by Gasteiger charge is -2.33. The Morgan fingerprint density at radius 2 is 2.47 bits per heavy atom. The van der Waals surface area contributed by atoms with Crippen molar-refractivity contribution in [3.63, 3.8) is 0 Å². The van der Waals surface area contributed by atoms with Crippen molar-refractivity contribution in [2.75, 3.05) is 13.1 Å². The number of nitrogens with one attached hydrogen (secondary N) is 1. The summed E-state index contributed by atoms with van der Waals surface area (Å²) in [5.74, 6) is -1.17. The maximum Gasteiger partial charge on any atom is 0.305 e. The molecule has 6 nitrogen and oxygen atoms in total. The fraction of sp³-hybridized carbons (Fsp3) is 0.583. The molecule has 1 aliphatic rings. The molecule has 2 rings (SSSR count). The lowest BCUT2D eigenvalue weighted by molar-refractivity contribution is -0.143. The van der Waals surface area contributed by atoms with Gasteiger partial charge in [0.2, 0.25) is 5.91 Å². The molecule has 2 N–H and O–H groups in total. The largest absolute Gasteiger partial charge is 0.481 e. The van der Waals surface area contributed by atoms with Gasteiger partial charge in [-0.1, -0.05) is 6.92 Å². The van der Waals surface area contributed by atoms with Gasteiger partial charge in [-0.3, -0.25) is 14.5 Å². The zero-order valence-electron chi connectivity index (χ0n) is 10.8. The Morgan fingerprint density at radius 3 is 3.11 bits per heavy atom. The van der Waals surface area contributed by atoms with Gasteiger partial charge in [-0.05, 0) is 6.42 Å². The molecule has 2 heterocycles. The Bertz CT molecular complexity index is 475. The number of carbonyl (C=O) groups excluding carboxylic acids is 1. The van der Waals surface area contributed by atoms with Crippen LogP contribution in [0, 0.1) is 0 Å². The van der Waals surface area contributed by atoms with E-state index in [1.54, 1.807) is 11.3 Å². The first-order valence-corrected chi connectivity index (χ1v) is 7.15. The fourth-order valence-electron chi connectivity index (χ4n) is 2.13. The summed E-state index contributed by atoms with van der Waals surface area (Å²) < 4.78 is 0. The monoisotopic (exact) mass is 283 g/mol. The predicted octanol–water partition coefficient (Wildman–Crippen LogP) is 0.481. The molecule has 0 aliphatic carbocycles. The Hall–Kier alpha value is -1.47. The Kier molecular flexibility index (Phi) is 4.49. The maximum absolute atomic E-state index is 11.8. The van der Waals surface area contributed by atoms with Crippen LogP contribution in [0.4, 0.5) is 0 Å². The van der Waals surface area contributed by atoms with Crippen LogP contribution < -0.4 is 5.32 Å². The van der Waals surface area contributed by atoms with Crippen LogP contribution in [0.15, 0.2) is 5.38 Å². The highest BCUT2D eigenvalue weighted by Crippen LogP contribution is 2.16. The van der Waals surface area contributed by atoms with Crippen molar-refractivity contribution >= 4 is 23.2 Å². The second kappa shape index (κ2) is 6.12. The topological polar surface area (TPSA) is 82.5 Å². The summed E-state index contributed by atoms with van der Waals surface area (Å²) >= 11 is 1.60. The number of aryl methyl sites for hydroxylation is 1. The summed E-state index contributed by atoms with van der Waals surface area (Å²) in [4.78, 5) is 28.9. The predicted molar refractivity (Wildman–Crippen MR) is 71.0 cm³/mol. The molecule has 1 fully saturated rings. The van der Waals surface area contributed by atoms with E-state index in [1.165, 1.54) is 0 Å². The molecule has 7 heteroatoms. The summed E-state index contributed by atoms with van der Waals surface area (Å²) in [7, 11) is 0. The zero-order chi connectivity index (χ0) is 13.8. The number of thiazole rings is 1. The number of amides is 1. The molecule has 0 radical (unpaired) electrons. The van der Waals surface area contributed by atoms with Gasteiger partial charge in [0, 0.05) is 25.0 Å². The minimum absolute atomic E-state index is 0.170. The van der Waals surface area contributed by atoms with Crippen LogP contribution in [0.25, 0.3) is 0 Å². The number of rotatable bonds is 5. The summed E-state index contributed by atoms with van der Waals surface area (Å²) in [5, 5.41) is 14.6. The van der Waals surface area contributed by atoms with Crippen LogP contribution in [0.5, 0.6) is 0 Å². The normalized spacial score (nSPS) is 20.3. The molecular formula is C12H17N3O3S. The van der Waals surface area contributed by atoms with Crippen LogP contribution in [0.3, 0.4) is 0 Å². The zero-order valence-corrected chi connectivity index (χ0v) is 11.6. The van der Waals surface area contributed by atoms with E-state index in [-0.39, 0.29) is 12.3 Å². The first kappa shape index (κ1) is 14.0. The van der Waals surface area contributed by atoms with E-state index >= 15 is 0 Å². The van der Waals surface area contributed by atoms with Crippen LogP contribution >= 0.6 is 11.3 Å². The minimum Gasteiger partial charge on any atom is -0.481 e. The molecule has 1 unspecified atom stereocenters. The van der Waals surface area contributed by atoms with Gasteiger partial charge in [0.25, 0.3) is 0 Å². The average Bonchev–Trinajstić information content (AvgIpc) is 2.81. The molecule has 1 aromatic rings. The van der Waals surface area contributed by atoms with Crippen molar-refractivity contribution in [2.24, 2.45) is 0 Å². The molecule has 1 amide bonds. The van der Waals surface area contributed by atoms with E-state index in [0.717, 1.165) is 17.1 Å². The first-order valence-electron chi connectivity index (χ1n) is 6.27. The average molecular weight is 283 g/mol. The van der Waals surface area contributed by atoms with Crippen molar-refractivity contribution in [3.05, 3.63) is 16.1 Å². The maximum atomic E-state index is 11.8. The Balaban J connectivity index is 2.06. The van der Waals surface area contributed by atoms with Gasteiger partial charge in [-0.15, -0.1) is 11.3 Å². The number of carboxylic acid groups (broad SMARTS) is 1. The van der Waals surface area contributed by atoms with Gasteiger partial charge in [-0.25, -0.2) is 4.98 Å². The van der Waals surface area contributed by atoms with Crippen LogP contribution in [-0.4, -0.2) is 46.0 Å². The van der Waals surface area contributed by atoms with Crippen molar-refractivity contribution in [1.82, 2.24) is 15.2 Å². The first-order chi connectivity index (χ1) is 9.10. The number of hydrogen-bond acceptors (Lipinski definition) is 5. The van der Waals surface area contributed by atoms with Gasteiger partial charge in [-0.2, -0.15) is 0 Å². The summed E-state index contributed by atoms with van der Waals surface area (Å²) in [6.45, 7) is 3.79. The Morgan fingerprint density at radius 1 is 1.68 bits per heavy atom. The van der Waals surface area contributed by atoms with Gasteiger partial charge in [0.15, 0.2) is 0 Å². The molecule has 1 aliphatic heterocycles. The van der Waals surface area contributed by atoms with E-state index in [4.69, 9.17) is 5.11 Å². The molecule has 1 atom stereocenters. The van der Waals surface area contributed by atoms with Gasteiger partial charge < -0.3 is 10.4 Å². The second-order valence-electron chi connectivity index (χ2n) is 4.46. The van der Waals surface area contributed by atoms with E-state index in [0.29, 0.717) is 19.6 Å². The standard InChI is InChI=1S/C12H17N3O3S/c1-2-10-14-8(7-19-10)6-15-4-3-13-12(18)9(15)5-11(16)17/h7,9H,2-6H2,1H3,(H,13,18)(H,16,17). The highest BCUT2D eigenvalue weighted by atomic mass is 32.1. The quantitative estimate of drug-likeness (QED) is 0.821. The molecular weight excluding hydrogens is 266 g/mol. The lowest BCUT2D eigenvalue weighted by Crippen LogP contribution is -2.55. The van der Waals surface area contributed by atoms with Crippen LogP contribution in [0.1, 0.15) is 24.0 Å². The van der Waals surface area contributed by atoms with E-state index < -0.39 is 12.0 Å². The minimum atomic E-state index is -0.959. The SMILES string of the molecule is CCc1nc(CN2CCNC(=O)C2CC(=O)O)cs1. The summed E-state index contributed by atoms with van der Waals surface area (Å²) in [5.41, 5.74) is 0.909. The number of aromatic nitrogens is 1. The third kappa shape index (κ3) is 3.51. The molecule has 0 aromatic carbocycles. The number of hydrogen-bond donors (Lipinski definition) is 2. The third-order valence-electron chi connectivity index (χ3n) is 3.08. The number of aliphatic carboxylic acids is 1. The van der Waals surface area contributed by atoms with Gasteiger partial charge >= 0.3 is 5.97 Å². The van der Waals surface area contributed by atoms with Crippen LogP contribution in [0.2, 0.25) is 0 Å². The van der Waals surface area contributed by atoms with Gasteiger partial charge in [0.1, 0.15) is 6.04 Å². The molecule has 0 saturated carbocycles. The van der Waals surface area contributed by atoms with Crippen molar-refractivity contribution in [1.29, 1.82) is 0 Å².